The van der Waals surface area contributed by atoms with Gasteiger partial charge in [0.2, 0.25) is 5.91 Å². The number of nitrogens with one attached hydrogen (secondary N) is 1. The number of halogens is 1. The molecular weight excluding hydrogens is 221 g/mol. The summed E-state index contributed by atoms with van der Waals surface area (Å²) in [6, 6.07) is 6.65. The molecule has 0 spiro atoms. The Morgan fingerprint density at radius 1 is 1.53 bits per heavy atom. The van der Waals surface area contributed by atoms with Crippen molar-refractivity contribution < 1.29 is 9.18 Å². The molecule has 1 unspecified atom stereocenters. The van der Waals surface area contributed by atoms with Crippen LogP contribution >= 0.6 is 0 Å². The Labute approximate surface area is 99.8 Å². The van der Waals surface area contributed by atoms with E-state index in [1.165, 1.54) is 13.0 Å². The van der Waals surface area contributed by atoms with Crippen molar-refractivity contribution in [2.24, 2.45) is 0 Å². The summed E-state index contributed by atoms with van der Waals surface area (Å²) in [6.07, 6.45) is -0.249. The molecule has 1 amide bonds. The Kier molecular flexibility index (Phi) is 3.58. The maximum atomic E-state index is 13.6. The molecule has 0 aliphatic carbocycles. The van der Waals surface area contributed by atoms with E-state index in [0.29, 0.717) is 25.3 Å². The Morgan fingerprint density at radius 3 is 3.00 bits per heavy atom. The van der Waals surface area contributed by atoms with Crippen molar-refractivity contribution in [1.82, 2.24) is 10.6 Å². The lowest BCUT2D eigenvalue weighted by atomic mass is 10.2. The molecule has 1 heterocycles. The minimum atomic E-state index is -0.249. The minimum absolute atomic E-state index is 0.117. The number of rotatable bonds is 2. The van der Waals surface area contributed by atoms with Crippen LogP contribution in [0.5, 0.6) is 0 Å². The van der Waals surface area contributed by atoms with Crippen LogP contribution in [0.1, 0.15) is 6.92 Å². The van der Waals surface area contributed by atoms with Gasteiger partial charge in [-0.3, -0.25) is 4.79 Å². The number of anilines is 1. The maximum Gasteiger partial charge on any atom is 0.218 e. The molecule has 2 rings (SSSR count). The number of benzene rings is 1. The van der Waals surface area contributed by atoms with Crippen LogP contribution in [-0.4, -0.2) is 31.7 Å². The molecule has 1 radical (unpaired) electrons. The van der Waals surface area contributed by atoms with Crippen molar-refractivity contribution in [3.8, 4) is 0 Å². The van der Waals surface area contributed by atoms with Gasteiger partial charge in [0.1, 0.15) is 12.0 Å². The van der Waals surface area contributed by atoms with Crippen LogP contribution in [-0.2, 0) is 4.79 Å². The zero-order valence-electron chi connectivity index (χ0n) is 9.69. The van der Waals surface area contributed by atoms with Gasteiger partial charge in [0, 0.05) is 20.0 Å². The summed E-state index contributed by atoms with van der Waals surface area (Å²) < 4.78 is 13.6. The van der Waals surface area contributed by atoms with E-state index in [4.69, 9.17) is 0 Å². The number of hydrogen-bond donors (Lipinski definition) is 1. The highest BCUT2D eigenvalue weighted by Gasteiger charge is 2.22. The minimum Gasteiger partial charge on any atom is -0.364 e. The second kappa shape index (κ2) is 5.14. The van der Waals surface area contributed by atoms with Crippen LogP contribution in [0.25, 0.3) is 0 Å². The fourth-order valence-corrected chi connectivity index (χ4v) is 1.94. The molecule has 1 aliphatic rings. The van der Waals surface area contributed by atoms with Crippen molar-refractivity contribution in [3.63, 3.8) is 0 Å². The fraction of sp³-hybridized carbons (Fsp3) is 0.417. The van der Waals surface area contributed by atoms with Crippen LogP contribution < -0.4 is 15.5 Å². The number of carbonyl (C=O) groups is 1. The largest absolute Gasteiger partial charge is 0.364 e. The molecule has 0 bridgehead atoms. The summed E-state index contributed by atoms with van der Waals surface area (Å²) in [7, 11) is 0. The topological polar surface area (TPSA) is 46.4 Å². The van der Waals surface area contributed by atoms with E-state index in [0.717, 1.165) is 0 Å². The predicted octanol–water partition coefficient (Wildman–Crippen LogP) is 0.712. The average Bonchev–Trinajstić information content (AvgIpc) is 2.29. The third kappa shape index (κ3) is 2.94. The fourth-order valence-electron chi connectivity index (χ4n) is 1.94. The first-order valence-electron chi connectivity index (χ1n) is 5.60. The number of carbonyl (C=O) groups excluding carboxylic acids is 1. The second-order valence-corrected chi connectivity index (χ2v) is 4.02. The first-order valence-corrected chi connectivity index (χ1v) is 5.60. The quantitative estimate of drug-likeness (QED) is 0.822. The first kappa shape index (κ1) is 11.9. The number of para-hydroxylation sites is 1. The molecule has 1 saturated heterocycles. The summed E-state index contributed by atoms with van der Waals surface area (Å²) in [5, 5.41) is 7.01. The van der Waals surface area contributed by atoms with E-state index >= 15 is 0 Å². The summed E-state index contributed by atoms with van der Waals surface area (Å²) in [6.45, 7) is 3.24. The third-order valence-corrected chi connectivity index (χ3v) is 2.68. The molecule has 1 N–H and O–H groups in total. The monoisotopic (exact) mass is 236 g/mol. The van der Waals surface area contributed by atoms with Gasteiger partial charge in [-0.05, 0) is 12.1 Å². The molecule has 1 aliphatic heterocycles. The molecule has 17 heavy (non-hydrogen) atoms. The van der Waals surface area contributed by atoms with Crippen LogP contribution in [0.2, 0.25) is 0 Å². The highest BCUT2D eigenvalue weighted by Crippen LogP contribution is 2.19. The first-order chi connectivity index (χ1) is 8.16. The van der Waals surface area contributed by atoms with E-state index in [2.05, 4.69) is 10.6 Å². The van der Waals surface area contributed by atoms with E-state index in [-0.39, 0.29) is 17.9 Å². The van der Waals surface area contributed by atoms with Crippen molar-refractivity contribution >= 4 is 11.6 Å². The lowest BCUT2D eigenvalue weighted by Crippen LogP contribution is -2.55. The number of piperazine rings is 1. The number of hydrogen-bond acceptors (Lipinski definition) is 2. The molecule has 5 heteroatoms. The van der Waals surface area contributed by atoms with Gasteiger partial charge >= 0.3 is 0 Å². The van der Waals surface area contributed by atoms with Gasteiger partial charge in [0.15, 0.2) is 0 Å². The SMILES string of the molecule is CC(=O)NC1CN(c2ccccc2F)CC[N]1. The van der Waals surface area contributed by atoms with Gasteiger partial charge in [0.25, 0.3) is 0 Å². The average molecular weight is 236 g/mol. The molecule has 1 aromatic rings. The van der Waals surface area contributed by atoms with Crippen molar-refractivity contribution in [2.75, 3.05) is 24.5 Å². The van der Waals surface area contributed by atoms with Crippen LogP contribution in [0.15, 0.2) is 24.3 Å². The van der Waals surface area contributed by atoms with E-state index < -0.39 is 0 Å². The van der Waals surface area contributed by atoms with Gasteiger partial charge in [-0.15, -0.1) is 0 Å². The lowest BCUT2D eigenvalue weighted by Gasteiger charge is -2.34. The van der Waals surface area contributed by atoms with Crippen molar-refractivity contribution in [1.29, 1.82) is 0 Å². The van der Waals surface area contributed by atoms with Gasteiger partial charge in [-0.25, -0.2) is 9.71 Å². The predicted molar refractivity (Wildman–Crippen MR) is 63.2 cm³/mol. The molecule has 91 valence electrons. The van der Waals surface area contributed by atoms with E-state index in [1.54, 1.807) is 18.2 Å². The van der Waals surface area contributed by atoms with Crippen LogP contribution in [0.3, 0.4) is 0 Å². The maximum absolute atomic E-state index is 13.6. The third-order valence-electron chi connectivity index (χ3n) is 2.68. The van der Waals surface area contributed by atoms with Gasteiger partial charge in [-0.1, -0.05) is 12.1 Å². The lowest BCUT2D eigenvalue weighted by molar-refractivity contribution is -0.119. The molecular formula is C12H15FN3O. The Balaban J connectivity index is 2.07. The molecule has 0 aromatic heterocycles. The Morgan fingerprint density at radius 2 is 2.29 bits per heavy atom. The smallest absolute Gasteiger partial charge is 0.218 e. The van der Waals surface area contributed by atoms with E-state index in [9.17, 15) is 9.18 Å². The van der Waals surface area contributed by atoms with Gasteiger partial charge in [-0.2, -0.15) is 0 Å². The highest BCUT2D eigenvalue weighted by molar-refractivity contribution is 5.73. The molecule has 1 aromatic carbocycles. The molecule has 1 fully saturated rings. The summed E-state index contributed by atoms with van der Waals surface area (Å²) in [4.78, 5) is 12.9. The summed E-state index contributed by atoms with van der Waals surface area (Å²) >= 11 is 0. The molecule has 1 atom stereocenters. The Hall–Kier alpha value is -1.62. The van der Waals surface area contributed by atoms with Crippen LogP contribution in [0.4, 0.5) is 10.1 Å². The van der Waals surface area contributed by atoms with Crippen molar-refractivity contribution in [2.45, 2.75) is 13.1 Å². The molecule has 0 saturated carbocycles. The second-order valence-electron chi connectivity index (χ2n) is 4.02. The summed E-state index contributed by atoms with van der Waals surface area (Å²) in [5.41, 5.74) is 0.567. The van der Waals surface area contributed by atoms with Crippen molar-refractivity contribution in [3.05, 3.63) is 30.1 Å². The summed E-state index contributed by atoms with van der Waals surface area (Å²) in [5.74, 6) is -0.356. The normalized spacial score (nSPS) is 20.1. The number of nitrogens with zero attached hydrogens (tertiary/aromatic N) is 2. The molecule has 4 nitrogen and oxygen atoms in total. The highest BCUT2D eigenvalue weighted by atomic mass is 19.1. The van der Waals surface area contributed by atoms with Crippen LogP contribution in [0, 0.1) is 5.82 Å². The Bertz CT molecular complexity index is 410. The van der Waals surface area contributed by atoms with E-state index in [1.807, 2.05) is 4.90 Å². The standard InChI is InChI=1S/C12H15FN3O/c1-9(17)15-12-8-16(7-6-14-12)11-5-3-2-4-10(11)13/h2-5,12H,6-8H2,1H3,(H,15,17). The number of amides is 1. The zero-order valence-corrected chi connectivity index (χ0v) is 9.69. The van der Waals surface area contributed by atoms with Gasteiger partial charge < -0.3 is 10.2 Å². The van der Waals surface area contributed by atoms with Gasteiger partial charge in [0.05, 0.1) is 12.2 Å². The zero-order chi connectivity index (χ0) is 12.3.